The molecule has 0 radical (unpaired) electrons. The molecule has 1 aliphatic heterocycles. The predicted molar refractivity (Wildman–Crippen MR) is 79.5 cm³/mol. The van der Waals surface area contributed by atoms with Crippen LogP contribution in [0.2, 0.25) is 0 Å². The minimum atomic E-state index is 0.283. The van der Waals surface area contributed by atoms with E-state index in [0.29, 0.717) is 6.79 Å². The van der Waals surface area contributed by atoms with Gasteiger partial charge in [0.2, 0.25) is 6.79 Å². The van der Waals surface area contributed by atoms with E-state index in [1.54, 1.807) is 11.3 Å². The van der Waals surface area contributed by atoms with Gasteiger partial charge in [0, 0.05) is 30.1 Å². The third-order valence-electron chi connectivity index (χ3n) is 3.36. The van der Waals surface area contributed by atoms with E-state index in [9.17, 15) is 0 Å². The Labute approximate surface area is 122 Å². The maximum absolute atomic E-state index is 5.41. The third-order valence-corrected chi connectivity index (χ3v) is 4.33. The van der Waals surface area contributed by atoms with Crippen molar-refractivity contribution in [2.24, 2.45) is 0 Å². The fourth-order valence-corrected chi connectivity index (χ4v) is 3.00. The van der Waals surface area contributed by atoms with Crippen molar-refractivity contribution in [3.63, 3.8) is 0 Å². The number of ether oxygens (including phenoxy) is 2. The van der Waals surface area contributed by atoms with Crippen molar-refractivity contribution in [1.82, 2.24) is 10.3 Å². The summed E-state index contributed by atoms with van der Waals surface area (Å²) in [5.74, 6) is 1.67. The summed E-state index contributed by atoms with van der Waals surface area (Å²) in [6, 6.07) is 6.39. The number of hydrogen-bond donors (Lipinski definition) is 1. The van der Waals surface area contributed by atoms with Crippen molar-refractivity contribution in [1.29, 1.82) is 0 Å². The molecule has 1 atom stereocenters. The number of aromatic nitrogens is 1. The summed E-state index contributed by atoms with van der Waals surface area (Å²) in [5, 5.41) is 4.71. The summed E-state index contributed by atoms with van der Waals surface area (Å²) in [5.41, 5.74) is 1.21. The Balaban J connectivity index is 1.55. The van der Waals surface area contributed by atoms with Crippen LogP contribution in [0, 0.1) is 6.92 Å². The highest BCUT2D eigenvalue weighted by Crippen LogP contribution is 2.34. The lowest BCUT2D eigenvalue weighted by atomic mass is 10.1. The van der Waals surface area contributed by atoms with E-state index in [1.165, 1.54) is 15.4 Å². The molecule has 0 saturated heterocycles. The van der Waals surface area contributed by atoms with Gasteiger partial charge in [-0.15, -0.1) is 11.3 Å². The highest BCUT2D eigenvalue weighted by atomic mass is 32.1. The van der Waals surface area contributed by atoms with Gasteiger partial charge < -0.3 is 14.8 Å². The summed E-state index contributed by atoms with van der Waals surface area (Å²) < 4.78 is 10.7. The molecule has 20 heavy (non-hydrogen) atoms. The molecular weight excluding hydrogens is 272 g/mol. The monoisotopic (exact) mass is 290 g/mol. The Hall–Kier alpha value is -1.59. The number of thiazole rings is 1. The van der Waals surface area contributed by atoms with Crippen LogP contribution in [0.1, 0.15) is 28.4 Å². The van der Waals surface area contributed by atoms with Crippen molar-refractivity contribution in [3.05, 3.63) is 39.8 Å². The van der Waals surface area contributed by atoms with Crippen LogP contribution in [0.3, 0.4) is 0 Å². The van der Waals surface area contributed by atoms with E-state index in [-0.39, 0.29) is 6.04 Å². The Morgan fingerprint density at radius 2 is 2.20 bits per heavy atom. The number of nitrogens with zero attached hydrogens (tertiary/aromatic N) is 1. The lowest BCUT2D eigenvalue weighted by Crippen LogP contribution is -2.21. The molecule has 0 bridgehead atoms. The van der Waals surface area contributed by atoms with Gasteiger partial charge in [-0.05, 0) is 31.5 Å². The van der Waals surface area contributed by atoms with E-state index >= 15 is 0 Å². The average molecular weight is 290 g/mol. The molecule has 2 aromatic rings. The van der Waals surface area contributed by atoms with Crippen LogP contribution in [0.25, 0.3) is 0 Å². The molecule has 1 aliphatic rings. The first-order valence-electron chi connectivity index (χ1n) is 6.76. The second kappa shape index (κ2) is 5.81. The number of nitrogens with one attached hydrogen (secondary N) is 1. The van der Waals surface area contributed by atoms with Gasteiger partial charge in [0.25, 0.3) is 0 Å². The van der Waals surface area contributed by atoms with E-state index in [4.69, 9.17) is 9.47 Å². The first-order valence-corrected chi connectivity index (χ1v) is 7.58. The summed E-state index contributed by atoms with van der Waals surface area (Å²) in [7, 11) is 0. The van der Waals surface area contributed by atoms with Crippen LogP contribution >= 0.6 is 11.3 Å². The summed E-state index contributed by atoms with van der Waals surface area (Å²) in [6.07, 6.45) is 2.90. The molecule has 106 valence electrons. The molecule has 1 N–H and O–H groups in total. The Morgan fingerprint density at radius 1 is 1.35 bits per heavy atom. The van der Waals surface area contributed by atoms with Crippen molar-refractivity contribution in [2.45, 2.75) is 26.3 Å². The first-order chi connectivity index (χ1) is 9.72. The van der Waals surface area contributed by atoms with E-state index in [1.807, 2.05) is 18.3 Å². The molecule has 0 fully saturated rings. The fourth-order valence-electron chi connectivity index (χ4n) is 2.21. The normalized spacial score (nSPS) is 14.5. The van der Waals surface area contributed by atoms with Gasteiger partial charge in [-0.3, -0.25) is 0 Å². The van der Waals surface area contributed by atoms with Gasteiger partial charge in [0.15, 0.2) is 11.5 Å². The Morgan fingerprint density at radius 3 is 3.00 bits per heavy atom. The van der Waals surface area contributed by atoms with Crippen LogP contribution < -0.4 is 14.8 Å². The highest BCUT2D eigenvalue weighted by molar-refractivity contribution is 7.11. The number of hydrogen-bond acceptors (Lipinski definition) is 5. The molecule has 0 aliphatic carbocycles. The van der Waals surface area contributed by atoms with Crippen LogP contribution in [0.5, 0.6) is 11.5 Å². The first kappa shape index (κ1) is 13.4. The zero-order valence-electron chi connectivity index (χ0n) is 11.7. The van der Waals surface area contributed by atoms with Gasteiger partial charge in [0.1, 0.15) is 0 Å². The summed E-state index contributed by atoms with van der Waals surface area (Å²) >= 11 is 1.76. The topological polar surface area (TPSA) is 43.4 Å². The summed E-state index contributed by atoms with van der Waals surface area (Å²) in [6.45, 7) is 5.49. The molecule has 5 heteroatoms. The molecule has 0 unspecified atom stereocenters. The zero-order chi connectivity index (χ0) is 13.9. The predicted octanol–water partition coefficient (Wildman–Crippen LogP) is 3.07. The molecular formula is C15H18N2O2S. The van der Waals surface area contributed by atoms with Crippen molar-refractivity contribution < 1.29 is 9.47 Å². The van der Waals surface area contributed by atoms with E-state index in [0.717, 1.165) is 24.5 Å². The Kier molecular flexibility index (Phi) is 3.89. The average Bonchev–Trinajstić information content (AvgIpc) is 3.06. The Bertz CT molecular complexity index is 597. The van der Waals surface area contributed by atoms with Crippen LogP contribution in [-0.4, -0.2) is 18.3 Å². The van der Waals surface area contributed by atoms with Gasteiger partial charge in [0.05, 0.1) is 5.01 Å². The van der Waals surface area contributed by atoms with Crippen molar-refractivity contribution >= 4 is 11.3 Å². The number of fused-ring (bicyclic) bond motifs is 1. The second-order valence-electron chi connectivity index (χ2n) is 4.90. The molecule has 0 spiro atoms. The molecule has 0 amide bonds. The minimum absolute atomic E-state index is 0.283. The van der Waals surface area contributed by atoms with E-state index in [2.05, 4.69) is 30.2 Å². The number of rotatable bonds is 5. The van der Waals surface area contributed by atoms with Crippen LogP contribution in [-0.2, 0) is 6.42 Å². The molecule has 1 aromatic heterocycles. The largest absolute Gasteiger partial charge is 0.454 e. The van der Waals surface area contributed by atoms with Gasteiger partial charge in [-0.2, -0.15) is 0 Å². The van der Waals surface area contributed by atoms with Crippen molar-refractivity contribution in [3.8, 4) is 11.5 Å². The minimum Gasteiger partial charge on any atom is -0.454 e. The maximum Gasteiger partial charge on any atom is 0.231 e. The molecule has 2 heterocycles. The van der Waals surface area contributed by atoms with E-state index < -0.39 is 0 Å². The lowest BCUT2D eigenvalue weighted by molar-refractivity contribution is 0.174. The van der Waals surface area contributed by atoms with Gasteiger partial charge in [-0.25, -0.2) is 4.98 Å². The van der Waals surface area contributed by atoms with Crippen molar-refractivity contribution in [2.75, 3.05) is 13.3 Å². The molecule has 4 nitrogen and oxygen atoms in total. The SMILES string of the molecule is Cc1cnc(CCN[C@H](C)c2ccc3c(c2)OCO3)s1. The van der Waals surface area contributed by atoms with Crippen LogP contribution in [0.4, 0.5) is 0 Å². The quantitative estimate of drug-likeness (QED) is 0.919. The standard InChI is InChI=1S/C15H18N2O2S/c1-10-8-17-15(20-10)5-6-16-11(2)12-3-4-13-14(7-12)19-9-18-13/h3-4,7-8,11,16H,5-6,9H2,1-2H3/t11-/m1/s1. The zero-order valence-corrected chi connectivity index (χ0v) is 12.5. The fraction of sp³-hybridized carbons (Fsp3) is 0.400. The number of aryl methyl sites for hydroxylation is 1. The van der Waals surface area contributed by atoms with Gasteiger partial charge >= 0.3 is 0 Å². The smallest absolute Gasteiger partial charge is 0.231 e. The molecule has 1 aromatic carbocycles. The van der Waals surface area contributed by atoms with Gasteiger partial charge in [-0.1, -0.05) is 6.07 Å². The number of benzene rings is 1. The lowest BCUT2D eigenvalue weighted by Gasteiger charge is -2.14. The molecule has 3 rings (SSSR count). The summed E-state index contributed by atoms with van der Waals surface area (Å²) in [4.78, 5) is 5.64. The highest BCUT2D eigenvalue weighted by Gasteiger charge is 2.15. The molecule has 0 saturated carbocycles. The second-order valence-corrected chi connectivity index (χ2v) is 6.22. The maximum atomic E-state index is 5.41. The third kappa shape index (κ3) is 2.94. The van der Waals surface area contributed by atoms with Crippen LogP contribution in [0.15, 0.2) is 24.4 Å².